The Balaban J connectivity index is 1.94. The fourth-order valence-corrected chi connectivity index (χ4v) is 2.72. The van der Waals surface area contributed by atoms with E-state index >= 15 is 0 Å². The van der Waals surface area contributed by atoms with E-state index in [1.165, 1.54) is 0 Å². The Morgan fingerprint density at radius 3 is 2.43 bits per heavy atom. The fourth-order valence-electron chi connectivity index (χ4n) is 2.52. The van der Waals surface area contributed by atoms with Gasteiger partial charge in [0.25, 0.3) is 11.8 Å². The van der Waals surface area contributed by atoms with E-state index in [9.17, 15) is 9.59 Å². The molecule has 8 heteroatoms. The minimum Gasteiger partial charge on any atom is -0.494 e. The smallest absolute Gasteiger partial charge is 0.257 e. The summed E-state index contributed by atoms with van der Waals surface area (Å²) in [6, 6.07) is 13.8. The maximum atomic E-state index is 12.4. The Morgan fingerprint density at radius 1 is 1.00 bits per heavy atom. The molecule has 0 saturated carbocycles. The molecular weight excluding hydrogens is 402 g/mol. The van der Waals surface area contributed by atoms with Crippen LogP contribution >= 0.6 is 12.2 Å². The van der Waals surface area contributed by atoms with Crippen molar-refractivity contribution in [2.24, 2.45) is 0 Å². The number of hydrogen-bond acceptors (Lipinski definition) is 5. The number of thiocarbonyl (C=S) groups is 1. The van der Waals surface area contributed by atoms with Crippen LogP contribution in [0.15, 0.2) is 48.5 Å². The lowest BCUT2D eigenvalue weighted by atomic mass is 10.1. The second kappa shape index (κ2) is 12.6. The van der Waals surface area contributed by atoms with E-state index in [0.717, 1.165) is 12.8 Å². The highest BCUT2D eigenvalue weighted by atomic mass is 32.1. The number of unbranched alkanes of at least 4 members (excludes halogenated alkanes) is 1. The van der Waals surface area contributed by atoms with Gasteiger partial charge in [-0.15, -0.1) is 0 Å². The predicted octanol–water partition coefficient (Wildman–Crippen LogP) is 3.37. The van der Waals surface area contributed by atoms with E-state index in [4.69, 9.17) is 21.7 Å². The molecular formula is C22H27N3O4S. The van der Waals surface area contributed by atoms with Crippen LogP contribution in [0.25, 0.3) is 0 Å². The lowest BCUT2D eigenvalue weighted by Crippen LogP contribution is -2.35. The number of ether oxygens (including phenoxy) is 2. The van der Waals surface area contributed by atoms with Crippen molar-refractivity contribution in [2.75, 3.05) is 32.2 Å². The van der Waals surface area contributed by atoms with Gasteiger partial charge in [0.15, 0.2) is 5.11 Å². The molecule has 0 atom stereocenters. The van der Waals surface area contributed by atoms with Gasteiger partial charge in [0.2, 0.25) is 0 Å². The van der Waals surface area contributed by atoms with Crippen LogP contribution in [0.2, 0.25) is 0 Å². The lowest BCUT2D eigenvalue weighted by molar-refractivity contribution is 0.0936. The number of hydrogen-bond donors (Lipinski definition) is 3. The average molecular weight is 430 g/mol. The Labute approximate surface area is 182 Å². The maximum Gasteiger partial charge on any atom is 0.257 e. The van der Waals surface area contributed by atoms with Crippen LogP contribution in [0.4, 0.5) is 5.69 Å². The van der Waals surface area contributed by atoms with E-state index < -0.39 is 0 Å². The third kappa shape index (κ3) is 7.46. The molecule has 0 aliphatic carbocycles. The summed E-state index contributed by atoms with van der Waals surface area (Å²) in [5.41, 5.74) is 1.36. The van der Waals surface area contributed by atoms with Crippen molar-refractivity contribution in [3.63, 3.8) is 0 Å². The lowest BCUT2D eigenvalue weighted by Gasteiger charge is -2.13. The van der Waals surface area contributed by atoms with Crippen molar-refractivity contribution in [3.05, 3.63) is 59.7 Å². The van der Waals surface area contributed by atoms with E-state index in [-0.39, 0.29) is 16.9 Å². The molecule has 0 heterocycles. The Morgan fingerprint density at radius 2 is 1.73 bits per heavy atom. The van der Waals surface area contributed by atoms with Gasteiger partial charge in [-0.05, 0) is 55.0 Å². The van der Waals surface area contributed by atoms with Crippen LogP contribution < -0.4 is 20.7 Å². The van der Waals surface area contributed by atoms with Crippen molar-refractivity contribution in [1.82, 2.24) is 10.6 Å². The van der Waals surface area contributed by atoms with Crippen molar-refractivity contribution < 1.29 is 19.1 Å². The molecule has 0 aliphatic rings. The number of rotatable bonds is 10. The Kier molecular flexibility index (Phi) is 9.76. The van der Waals surface area contributed by atoms with Gasteiger partial charge in [-0.2, -0.15) is 0 Å². The zero-order valence-electron chi connectivity index (χ0n) is 17.2. The predicted molar refractivity (Wildman–Crippen MR) is 121 cm³/mol. The molecule has 0 bridgehead atoms. The first kappa shape index (κ1) is 23.3. The molecule has 0 radical (unpaired) electrons. The third-order valence-corrected chi connectivity index (χ3v) is 4.33. The normalized spacial score (nSPS) is 10.2. The van der Waals surface area contributed by atoms with Crippen molar-refractivity contribution in [1.29, 1.82) is 0 Å². The van der Waals surface area contributed by atoms with Gasteiger partial charge in [0.1, 0.15) is 5.75 Å². The summed E-state index contributed by atoms with van der Waals surface area (Å²) in [7, 11) is 1.57. The monoisotopic (exact) mass is 429 g/mol. The molecule has 30 heavy (non-hydrogen) atoms. The SMILES string of the molecule is CCCCOc1ccc(C(=O)NC(=S)Nc2ccccc2C(=O)NCCOC)cc1. The molecule has 0 unspecified atom stereocenters. The molecule has 7 nitrogen and oxygen atoms in total. The largest absolute Gasteiger partial charge is 0.494 e. The van der Waals surface area contributed by atoms with Crippen molar-refractivity contribution in [2.45, 2.75) is 19.8 Å². The molecule has 3 N–H and O–H groups in total. The number of benzene rings is 2. The highest BCUT2D eigenvalue weighted by Crippen LogP contribution is 2.15. The first-order chi connectivity index (χ1) is 14.5. The summed E-state index contributed by atoms with van der Waals surface area (Å²) in [6.45, 7) is 3.55. The standard InChI is InChI=1S/C22H27N3O4S/c1-3-4-14-29-17-11-9-16(10-12-17)20(26)25-22(30)24-19-8-6-5-7-18(19)21(27)23-13-15-28-2/h5-12H,3-4,13-15H2,1-2H3,(H,23,27)(H2,24,25,26,30). The molecule has 0 spiro atoms. The molecule has 2 rings (SSSR count). The summed E-state index contributed by atoms with van der Waals surface area (Å²) >= 11 is 5.24. The van der Waals surface area contributed by atoms with Crippen LogP contribution in [-0.2, 0) is 4.74 Å². The summed E-state index contributed by atoms with van der Waals surface area (Å²) < 4.78 is 10.5. The highest BCUT2D eigenvalue weighted by molar-refractivity contribution is 7.80. The molecule has 0 aromatic heterocycles. The van der Waals surface area contributed by atoms with Gasteiger partial charge in [0, 0.05) is 19.2 Å². The minimum atomic E-state index is -0.352. The van der Waals surface area contributed by atoms with Gasteiger partial charge < -0.3 is 20.1 Å². The summed E-state index contributed by atoms with van der Waals surface area (Å²) in [6.07, 6.45) is 2.04. The summed E-state index contributed by atoms with van der Waals surface area (Å²) in [5, 5.41) is 8.39. The van der Waals surface area contributed by atoms with Crippen molar-refractivity contribution >= 4 is 34.8 Å². The fraction of sp³-hybridized carbons (Fsp3) is 0.318. The maximum absolute atomic E-state index is 12.4. The number of methoxy groups -OCH3 is 1. The van der Waals surface area contributed by atoms with Gasteiger partial charge in [-0.1, -0.05) is 25.5 Å². The first-order valence-corrected chi connectivity index (χ1v) is 10.2. The van der Waals surface area contributed by atoms with E-state index in [1.807, 2.05) is 0 Å². The van der Waals surface area contributed by atoms with Gasteiger partial charge in [0.05, 0.1) is 24.5 Å². The zero-order valence-corrected chi connectivity index (χ0v) is 18.0. The molecule has 2 aromatic rings. The third-order valence-electron chi connectivity index (χ3n) is 4.12. The number of nitrogens with one attached hydrogen (secondary N) is 3. The van der Waals surface area contributed by atoms with E-state index in [0.29, 0.717) is 42.3 Å². The summed E-state index contributed by atoms with van der Waals surface area (Å²) in [5.74, 6) is 0.103. The van der Waals surface area contributed by atoms with Gasteiger partial charge >= 0.3 is 0 Å². The summed E-state index contributed by atoms with van der Waals surface area (Å²) in [4.78, 5) is 24.8. The number of anilines is 1. The van der Waals surface area contributed by atoms with Gasteiger partial charge in [-0.25, -0.2) is 0 Å². The van der Waals surface area contributed by atoms with Crippen LogP contribution in [0.3, 0.4) is 0 Å². The zero-order chi connectivity index (χ0) is 21.8. The minimum absolute atomic E-state index is 0.0976. The Bertz CT molecular complexity index is 856. The van der Waals surface area contributed by atoms with Crippen LogP contribution in [0.5, 0.6) is 5.75 Å². The van der Waals surface area contributed by atoms with Crippen LogP contribution in [0, 0.1) is 0 Å². The van der Waals surface area contributed by atoms with Crippen molar-refractivity contribution in [3.8, 4) is 5.75 Å². The molecule has 160 valence electrons. The second-order valence-electron chi connectivity index (χ2n) is 6.43. The van der Waals surface area contributed by atoms with Crippen LogP contribution in [0.1, 0.15) is 40.5 Å². The number of para-hydroxylation sites is 1. The first-order valence-electron chi connectivity index (χ1n) is 9.76. The topological polar surface area (TPSA) is 88.7 Å². The molecule has 0 aliphatic heterocycles. The second-order valence-corrected chi connectivity index (χ2v) is 6.84. The van der Waals surface area contributed by atoms with Crippen LogP contribution in [-0.4, -0.2) is 43.8 Å². The molecule has 2 amide bonds. The average Bonchev–Trinajstić information content (AvgIpc) is 2.74. The van der Waals surface area contributed by atoms with Gasteiger partial charge in [-0.3, -0.25) is 14.9 Å². The Hall–Kier alpha value is -2.97. The molecule has 0 saturated heterocycles. The highest BCUT2D eigenvalue weighted by Gasteiger charge is 2.13. The molecule has 0 fully saturated rings. The van der Waals surface area contributed by atoms with E-state index in [1.54, 1.807) is 55.6 Å². The van der Waals surface area contributed by atoms with E-state index in [2.05, 4.69) is 22.9 Å². The number of amides is 2. The number of carbonyl (C=O) groups excluding carboxylic acids is 2. The quantitative estimate of drug-likeness (QED) is 0.396. The molecule has 2 aromatic carbocycles. The number of carbonyl (C=O) groups is 2.